The number of anilines is 1. The zero-order valence-electron chi connectivity index (χ0n) is 35.2. The number of hydrogen-bond acceptors (Lipinski definition) is 12. The smallest absolute Gasteiger partial charge is 0.421 e. The van der Waals surface area contributed by atoms with Crippen LogP contribution in [0.1, 0.15) is 58.1 Å². The van der Waals surface area contributed by atoms with Crippen LogP contribution in [0.25, 0.3) is 0 Å². The van der Waals surface area contributed by atoms with E-state index in [-0.39, 0.29) is 57.3 Å². The van der Waals surface area contributed by atoms with Crippen molar-refractivity contribution in [1.29, 1.82) is 0 Å². The van der Waals surface area contributed by atoms with Crippen LogP contribution < -0.4 is 15.0 Å². The molecule has 6 atom stereocenters. The first-order valence-corrected chi connectivity index (χ1v) is 21.2. The molecular formula is C50H48N4O10. The number of aliphatic hydroxyl groups is 2. The van der Waals surface area contributed by atoms with Gasteiger partial charge in [-0.3, -0.25) is 24.3 Å². The number of methoxy groups -OCH3 is 1. The summed E-state index contributed by atoms with van der Waals surface area (Å²) < 4.78 is 23.1. The molecule has 4 aromatic carbocycles. The number of pyridine rings is 1. The first-order valence-electron chi connectivity index (χ1n) is 21.2. The molecule has 0 unspecified atom stereocenters. The highest BCUT2D eigenvalue weighted by Crippen LogP contribution is 2.66. The number of morpholine rings is 1. The fourth-order valence-corrected chi connectivity index (χ4v) is 9.34. The maximum Gasteiger partial charge on any atom is 0.421 e. The van der Waals surface area contributed by atoms with Gasteiger partial charge in [-0.25, -0.2) is 9.69 Å². The molecule has 3 amide bonds. The third-order valence-corrected chi connectivity index (χ3v) is 11.9. The van der Waals surface area contributed by atoms with E-state index in [2.05, 4.69) is 22.1 Å². The van der Waals surface area contributed by atoms with Crippen molar-refractivity contribution in [1.82, 2.24) is 15.2 Å². The van der Waals surface area contributed by atoms with Crippen LogP contribution in [0, 0.1) is 17.8 Å². The van der Waals surface area contributed by atoms with Gasteiger partial charge in [0.1, 0.15) is 36.5 Å². The van der Waals surface area contributed by atoms with Gasteiger partial charge >= 0.3 is 12.1 Å². The number of ether oxygens (including phenoxy) is 4. The number of aliphatic hydroxyl groups excluding tert-OH is 2. The number of hydrogen-bond donors (Lipinski definition) is 3. The van der Waals surface area contributed by atoms with Gasteiger partial charge in [0.15, 0.2) is 0 Å². The number of carbonyl (C=O) groups excluding carboxylic acids is 4. The molecule has 3 N–H and O–H groups in total. The van der Waals surface area contributed by atoms with Gasteiger partial charge in [0.25, 0.3) is 0 Å². The van der Waals surface area contributed by atoms with Crippen LogP contribution in [-0.2, 0) is 40.4 Å². The normalized spacial score (nSPS) is 22.2. The van der Waals surface area contributed by atoms with Crippen molar-refractivity contribution in [2.45, 2.75) is 42.5 Å². The molecule has 0 aliphatic carbocycles. The zero-order valence-corrected chi connectivity index (χ0v) is 35.2. The zero-order chi connectivity index (χ0) is 44.6. The highest BCUT2D eigenvalue weighted by molar-refractivity contribution is 6.23. The molecule has 328 valence electrons. The minimum Gasteiger partial charge on any atom is -0.491 e. The molecule has 8 rings (SSSR count). The Labute approximate surface area is 370 Å². The van der Waals surface area contributed by atoms with E-state index in [1.165, 1.54) is 7.11 Å². The number of cyclic esters (lactones) is 1. The number of aromatic nitrogens is 1. The Morgan fingerprint density at radius 2 is 1.56 bits per heavy atom. The number of carbonyl (C=O) groups is 4. The van der Waals surface area contributed by atoms with Crippen molar-refractivity contribution in [3.05, 3.63) is 161 Å². The van der Waals surface area contributed by atoms with Gasteiger partial charge in [-0.1, -0.05) is 90.7 Å². The molecule has 5 aromatic rings. The van der Waals surface area contributed by atoms with Crippen LogP contribution in [0.15, 0.2) is 128 Å². The summed E-state index contributed by atoms with van der Waals surface area (Å²) in [4.78, 5) is 68.5. The molecule has 2 saturated heterocycles. The van der Waals surface area contributed by atoms with Gasteiger partial charge in [0.05, 0.1) is 43.5 Å². The third-order valence-electron chi connectivity index (χ3n) is 11.9. The average Bonchev–Trinajstić information content (AvgIpc) is 3.78. The van der Waals surface area contributed by atoms with Crippen molar-refractivity contribution in [2.75, 3.05) is 51.6 Å². The minimum atomic E-state index is -2.02. The van der Waals surface area contributed by atoms with Crippen LogP contribution >= 0.6 is 0 Å². The van der Waals surface area contributed by atoms with Crippen molar-refractivity contribution in [2.24, 2.45) is 5.92 Å². The predicted octanol–water partition coefficient (Wildman–Crippen LogP) is 4.99. The molecule has 3 aliphatic rings. The molecule has 2 fully saturated rings. The largest absolute Gasteiger partial charge is 0.491 e. The lowest BCUT2D eigenvalue weighted by Crippen LogP contribution is -2.56. The topological polar surface area (TPSA) is 177 Å². The van der Waals surface area contributed by atoms with Crippen LogP contribution in [0.5, 0.6) is 5.75 Å². The van der Waals surface area contributed by atoms with Gasteiger partial charge in [0, 0.05) is 44.0 Å². The molecule has 1 spiro atoms. The monoisotopic (exact) mass is 864 g/mol. The minimum absolute atomic E-state index is 0.0361. The average molecular weight is 865 g/mol. The van der Waals surface area contributed by atoms with Crippen LogP contribution in [-0.4, -0.2) is 96.7 Å². The number of imide groups is 1. The number of rotatable bonds is 14. The maximum absolute atomic E-state index is 16.2. The summed E-state index contributed by atoms with van der Waals surface area (Å²) in [6, 6.07) is 32.9. The molecular weight excluding hydrogens is 817 g/mol. The van der Waals surface area contributed by atoms with E-state index in [0.29, 0.717) is 28.9 Å². The van der Waals surface area contributed by atoms with E-state index >= 15 is 14.4 Å². The Morgan fingerprint density at radius 3 is 2.25 bits per heavy atom. The lowest BCUT2D eigenvalue weighted by molar-refractivity contribution is -0.178. The van der Waals surface area contributed by atoms with Crippen molar-refractivity contribution < 1.29 is 48.3 Å². The quantitative estimate of drug-likeness (QED) is 0.0776. The van der Waals surface area contributed by atoms with Gasteiger partial charge in [-0.15, -0.1) is 0 Å². The fraction of sp³-hybridized carbons (Fsp3) is 0.300. The van der Waals surface area contributed by atoms with E-state index in [9.17, 15) is 15.0 Å². The number of nitrogens with zero attached hydrogens (tertiary/aromatic N) is 3. The lowest BCUT2D eigenvalue weighted by atomic mass is 9.65. The van der Waals surface area contributed by atoms with Crippen LogP contribution in [0.4, 0.5) is 10.5 Å². The lowest BCUT2D eigenvalue weighted by Gasteiger charge is -2.46. The number of fused-ring (bicyclic) bond motifs is 3. The second-order valence-corrected chi connectivity index (χ2v) is 15.5. The highest BCUT2D eigenvalue weighted by atomic mass is 16.6. The van der Waals surface area contributed by atoms with E-state index < -0.39 is 59.4 Å². The molecule has 0 saturated carbocycles. The first kappa shape index (κ1) is 43.7. The van der Waals surface area contributed by atoms with Gasteiger partial charge in [-0.2, -0.15) is 0 Å². The summed E-state index contributed by atoms with van der Waals surface area (Å²) in [5.41, 5.74) is 1.54. The summed E-state index contributed by atoms with van der Waals surface area (Å²) in [7, 11) is 1.46. The van der Waals surface area contributed by atoms with Crippen LogP contribution in [0.3, 0.4) is 0 Å². The van der Waals surface area contributed by atoms with Crippen molar-refractivity contribution in [3.63, 3.8) is 0 Å². The SMILES string of the molecule is COCCOC(=O)N1C(=O)[C@@]2(c3cc(C#CCCO)ccc31)[C@H](C(=O)NCCc1ccccn1)[C@H]1C(=O)O[C@H](c3ccccc3)[C@H](c3ccccc3)N1[C@@H]2c1ccc(OCCO)cc1. The fourth-order valence-electron chi connectivity index (χ4n) is 9.34. The van der Waals surface area contributed by atoms with Crippen molar-refractivity contribution in [3.8, 4) is 17.6 Å². The molecule has 0 bridgehead atoms. The molecule has 3 aliphatic heterocycles. The van der Waals surface area contributed by atoms with Gasteiger partial charge in [-0.05, 0) is 64.7 Å². The van der Waals surface area contributed by atoms with Crippen molar-refractivity contribution >= 4 is 29.6 Å². The van der Waals surface area contributed by atoms with Gasteiger partial charge in [0.2, 0.25) is 11.8 Å². The van der Waals surface area contributed by atoms with E-state index in [1.54, 1.807) is 54.7 Å². The summed E-state index contributed by atoms with van der Waals surface area (Å²) in [6.07, 6.45) is 0.280. The Balaban J connectivity index is 1.41. The number of nitrogens with one attached hydrogen (secondary N) is 1. The summed E-state index contributed by atoms with van der Waals surface area (Å²) in [5, 5.41) is 22.2. The Morgan fingerprint density at radius 1 is 0.828 bits per heavy atom. The predicted molar refractivity (Wildman–Crippen MR) is 234 cm³/mol. The molecule has 1 aromatic heterocycles. The Bertz CT molecular complexity index is 2510. The summed E-state index contributed by atoms with van der Waals surface area (Å²) in [6.45, 7) is -0.359. The van der Waals surface area contributed by atoms with E-state index in [0.717, 1.165) is 16.2 Å². The van der Waals surface area contributed by atoms with E-state index in [4.69, 9.17) is 18.9 Å². The first-order chi connectivity index (χ1) is 31.3. The van der Waals surface area contributed by atoms with E-state index in [1.807, 2.05) is 77.7 Å². The number of esters is 1. The standard InChI is InChI=1S/C50H48N4O10/c1-61-30-31-63-49(60)53-40-23-18-33(12-9-11-27-55)32-39(40)50(48(53)59)41(46(57)52-26-24-37-17-8-10-25-51-37)43-47(58)64-44(35-15-6-3-7-16-35)42(34-13-4-2-5-14-34)54(43)45(50)36-19-21-38(22-20-36)62-29-28-56/h2-8,10,13-23,25,32,41-45,55-56H,11,24,26-31H2,1H3,(H,52,57)/t41-,42-,43-,44+,45+,50-/m0/s1. The summed E-state index contributed by atoms with van der Waals surface area (Å²) in [5.74, 6) is 2.81. The number of benzene rings is 4. The number of amides is 3. The maximum atomic E-state index is 16.2. The molecule has 14 nitrogen and oxygen atoms in total. The Hall–Kier alpha value is -6.89. The second kappa shape index (κ2) is 19.7. The molecule has 64 heavy (non-hydrogen) atoms. The Kier molecular flexibility index (Phi) is 13.4. The van der Waals surface area contributed by atoms with Gasteiger partial charge < -0.3 is 34.5 Å². The second-order valence-electron chi connectivity index (χ2n) is 15.5. The molecule has 0 radical (unpaired) electrons. The highest BCUT2D eigenvalue weighted by Gasteiger charge is 2.75. The van der Waals surface area contributed by atoms with Crippen LogP contribution in [0.2, 0.25) is 0 Å². The molecule has 14 heteroatoms. The summed E-state index contributed by atoms with van der Waals surface area (Å²) >= 11 is 0. The third kappa shape index (κ3) is 8.22. The molecule has 4 heterocycles.